The lowest BCUT2D eigenvalue weighted by molar-refractivity contribution is 0.000174. The van der Waals surface area contributed by atoms with Crippen molar-refractivity contribution in [2.24, 2.45) is 47.3 Å². The molecule has 4 aliphatic carbocycles. The molecule has 1 aromatic carbocycles. The minimum atomic E-state index is 0. The van der Waals surface area contributed by atoms with E-state index >= 15 is 0 Å². The number of hydrogen-bond donors (Lipinski definition) is 0. The first-order valence-electron chi connectivity index (χ1n) is 24.1. The third-order valence-electron chi connectivity index (χ3n) is 13.1. The highest BCUT2D eigenvalue weighted by atomic mass is 16.5. The minimum Gasteiger partial charge on any atom is -0.378 e. The SMILES string of the molecule is C.C.C.C.C.C.C.CC1=CCC(C)CC1.CC1=CCC(C)CC1.CC1CCC(C)CC1.CC1CCC(C)CC1.CC1CCC(C)OC1.CC1CCC(C)OC1.Cc1ccc(C)cc1.[HH]. The second kappa shape index (κ2) is 45.8. The summed E-state index contributed by atoms with van der Waals surface area (Å²) in [5.74, 6) is 7.56. The number of aryl methyl sites for hydroxylation is 2. The van der Waals surface area contributed by atoms with Crippen LogP contribution < -0.4 is 0 Å². The average molecular weight is 894 g/mol. The van der Waals surface area contributed by atoms with Gasteiger partial charge in [-0.15, -0.1) is 0 Å². The van der Waals surface area contributed by atoms with Crippen molar-refractivity contribution in [3.63, 3.8) is 0 Å². The van der Waals surface area contributed by atoms with Crippen LogP contribution in [0, 0.1) is 61.2 Å². The summed E-state index contributed by atoms with van der Waals surface area (Å²) in [6.07, 6.45) is 30.9. The number of rotatable bonds is 0. The van der Waals surface area contributed by atoms with Gasteiger partial charge >= 0.3 is 0 Å². The normalized spacial score (nSPS) is 28.9. The van der Waals surface area contributed by atoms with E-state index in [4.69, 9.17) is 9.47 Å². The third-order valence-corrected chi connectivity index (χ3v) is 13.1. The van der Waals surface area contributed by atoms with E-state index in [1.54, 1.807) is 11.1 Å². The lowest BCUT2D eigenvalue weighted by atomic mass is 9.84. The zero-order chi connectivity index (χ0) is 41.9. The first-order chi connectivity index (χ1) is 26.5. The molecule has 7 rings (SSSR count). The summed E-state index contributed by atoms with van der Waals surface area (Å²) < 4.78 is 10.8. The number of benzene rings is 1. The van der Waals surface area contributed by atoms with Gasteiger partial charge in [0.25, 0.3) is 0 Å². The van der Waals surface area contributed by atoms with Gasteiger partial charge in [-0.05, 0) is 153 Å². The maximum absolute atomic E-state index is 5.39. The maximum Gasteiger partial charge on any atom is 0.0547 e. The molecule has 2 heteroatoms. The average Bonchev–Trinajstić information content (AvgIpc) is 3.18. The molecule has 6 unspecified atom stereocenters. The molecule has 0 N–H and O–H groups in total. The molecule has 2 saturated carbocycles. The molecule has 0 radical (unpaired) electrons. The molecule has 2 saturated heterocycles. The molecule has 0 aromatic heterocycles. The van der Waals surface area contributed by atoms with Gasteiger partial charge in [-0.25, -0.2) is 0 Å². The van der Waals surface area contributed by atoms with E-state index in [-0.39, 0.29) is 53.4 Å². The molecule has 0 amide bonds. The van der Waals surface area contributed by atoms with E-state index in [1.165, 1.54) is 127 Å². The van der Waals surface area contributed by atoms with E-state index in [0.29, 0.717) is 12.2 Å². The Hall–Kier alpha value is -1.38. The van der Waals surface area contributed by atoms with Gasteiger partial charge in [-0.1, -0.05) is 217 Å². The summed E-state index contributed by atoms with van der Waals surface area (Å²) in [4.78, 5) is 0. The molecule has 0 spiro atoms. The Morgan fingerprint density at radius 1 is 0.333 bits per heavy atom. The molecule has 2 aliphatic heterocycles. The van der Waals surface area contributed by atoms with Gasteiger partial charge in [-0.3, -0.25) is 0 Å². The fourth-order valence-corrected chi connectivity index (χ4v) is 7.71. The predicted octanol–water partition coefficient (Wildman–Crippen LogP) is 21.8. The number of allylic oxidation sites excluding steroid dienone is 4. The molecule has 2 heterocycles. The van der Waals surface area contributed by atoms with Crippen molar-refractivity contribution in [3.8, 4) is 0 Å². The summed E-state index contributed by atoms with van der Waals surface area (Å²) in [5.41, 5.74) is 5.83. The monoisotopic (exact) mass is 893 g/mol. The fourth-order valence-electron chi connectivity index (χ4n) is 7.71. The molecule has 1 aromatic rings. The van der Waals surface area contributed by atoms with Crippen LogP contribution in [0.2, 0.25) is 0 Å². The van der Waals surface area contributed by atoms with E-state index < -0.39 is 0 Å². The molecular weight excluding hydrogens is 765 g/mol. The van der Waals surface area contributed by atoms with Crippen LogP contribution in [0.5, 0.6) is 0 Å². The Kier molecular flexibility index (Phi) is 55.1. The van der Waals surface area contributed by atoms with Crippen LogP contribution in [-0.2, 0) is 9.47 Å². The van der Waals surface area contributed by atoms with Crippen molar-refractivity contribution >= 4 is 0 Å². The van der Waals surface area contributed by atoms with Gasteiger partial charge in [0.2, 0.25) is 0 Å². The molecule has 6 aliphatic rings. The van der Waals surface area contributed by atoms with E-state index in [2.05, 4.69) is 133 Å². The highest BCUT2D eigenvalue weighted by Crippen LogP contribution is 2.28. The minimum absolute atomic E-state index is 0. The fraction of sp³-hybridized carbons (Fsp3) is 0.836. The van der Waals surface area contributed by atoms with Gasteiger partial charge in [-0.2, -0.15) is 0 Å². The second-order valence-electron chi connectivity index (χ2n) is 20.4. The quantitative estimate of drug-likeness (QED) is 0.242. The second-order valence-corrected chi connectivity index (χ2v) is 20.4. The van der Waals surface area contributed by atoms with E-state index in [0.717, 1.165) is 60.6 Å². The summed E-state index contributed by atoms with van der Waals surface area (Å²) in [5, 5.41) is 0. The van der Waals surface area contributed by atoms with Crippen LogP contribution >= 0.6 is 0 Å². The largest absolute Gasteiger partial charge is 0.378 e. The van der Waals surface area contributed by atoms with Gasteiger partial charge < -0.3 is 9.47 Å². The molecule has 4 fully saturated rings. The smallest absolute Gasteiger partial charge is 0.0547 e. The van der Waals surface area contributed by atoms with Crippen molar-refractivity contribution in [3.05, 3.63) is 58.7 Å². The van der Waals surface area contributed by atoms with Gasteiger partial charge in [0.1, 0.15) is 0 Å². The standard InChI is InChI=1S/2C8H16.2C8H14.C8H10.2C7H14O.7CH4.H2/c5*1-7-3-5-8(2)6-4-7;2*1-6-3-4-7(2)8-5-6;;;;;;;;/h2*7-8H,3-6H2,1-2H3;2*3,8H,4-6H2,1-2H3;3-6H,1-2H3;2*6-7H,3-5H2,1-2H3;7*1H4;1H. The highest BCUT2D eigenvalue weighted by molar-refractivity contribution is 5.19. The molecule has 0 bridgehead atoms. The Balaban J connectivity index is -0.0000000933. The van der Waals surface area contributed by atoms with Gasteiger partial charge in [0.05, 0.1) is 12.2 Å². The topological polar surface area (TPSA) is 18.5 Å². The van der Waals surface area contributed by atoms with Crippen LogP contribution in [0.3, 0.4) is 0 Å². The van der Waals surface area contributed by atoms with Crippen molar-refractivity contribution in [2.75, 3.05) is 13.2 Å². The van der Waals surface area contributed by atoms with Crippen molar-refractivity contribution in [2.45, 2.75) is 277 Å². The Morgan fingerprint density at radius 2 is 0.571 bits per heavy atom. The molecule has 2 nitrogen and oxygen atoms in total. The summed E-state index contributed by atoms with van der Waals surface area (Å²) in [7, 11) is 0. The molecular formula is C61H128O2. The van der Waals surface area contributed by atoms with Crippen LogP contribution in [0.1, 0.15) is 263 Å². The van der Waals surface area contributed by atoms with E-state index in [1.807, 2.05) is 0 Å². The van der Waals surface area contributed by atoms with Crippen molar-refractivity contribution in [1.29, 1.82) is 0 Å². The Labute approximate surface area is 405 Å². The zero-order valence-electron chi connectivity index (χ0n) is 40.2. The molecule has 63 heavy (non-hydrogen) atoms. The summed E-state index contributed by atoms with van der Waals surface area (Å²) in [6, 6.07) is 8.48. The van der Waals surface area contributed by atoms with Crippen molar-refractivity contribution in [1.82, 2.24) is 0 Å². The Bertz CT molecular complexity index is 938. The maximum atomic E-state index is 5.39. The van der Waals surface area contributed by atoms with Gasteiger partial charge in [0.15, 0.2) is 0 Å². The predicted molar refractivity (Wildman–Crippen MR) is 300 cm³/mol. The highest BCUT2D eigenvalue weighted by Gasteiger charge is 2.15. The molecule has 384 valence electrons. The van der Waals surface area contributed by atoms with E-state index in [9.17, 15) is 0 Å². The third kappa shape index (κ3) is 44.2. The van der Waals surface area contributed by atoms with Crippen LogP contribution in [-0.4, -0.2) is 25.4 Å². The van der Waals surface area contributed by atoms with Gasteiger partial charge in [0, 0.05) is 14.6 Å². The summed E-state index contributed by atoms with van der Waals surface area (Å²) >= 11 is 0. The lowest BCUT2D eigenvalue weighted by Gasteiger charge is -2.23. The van der Waals surface area contributed by atoms with Crippen LogP contribution in [0.15, 0.2) is 47.6 Å². The van der Waals surface area contributed by atoms with Crippen LogP contribution in [0.25, 0.3) is 0 Å². The number of ether oxygens (including phenoxy) is 2. The van der Waals surface area contributed by atoms with Crippen molar-refractivity contribution < 1.29 is 10.9 Å². The first kappa shape index (κ1) is 75.9. The number of hydrogen-bond acceptors (Lipinski definition) is 2. The zero-order valence-corrected chi connectivity index (χ0v) is 40.2. The summed E-state index contributed by atoms with van der Waals surface area (Å²) in [6.45, 7) is 33.5. The lowest BCUT2D eigenvalue weighted by Crippen LogP contribution is -2.21. The first-order valence-corrected chi connectivity index (χ1v) is 24.1. The Morgan fingerprint density at radius 3 is 0.730 bits per heavy atom. The van der Waals surface area contributed by atoms with Crippen LogP contribution in [0.4, 0.5) is 0 Å². The molecule has 6 atom stereocenters.